The molecule has 0 spiro atoms. The number of aryl methyl sites for hydroxylation is 2. The predicted octanol–water partition coefficient (Wildman–Crippen LogP) is 5.02. The third kappa shape index (κ3) is 3.89. The number of hydrogen-bond acceptors (Lipinski definition) is 6. The SMILES string of the molecule is Cc1ccc(C)c(N2C(=O)C(SCc3ccco3)=C(c3ccc([N+](=O)[O-])cc3)C2=O)c1. The van der Waals surface area contributed by atoms with Crippen molar-refractivity contribution in [1.29, 1.82) is 0 Å². The maximum atomic E-state index is 13.4. The number of hydrogen-bond donors (Lipinski definition) is 0. The van der Waals surface area contributed by atoms with Crippen molar-refractivity contribution in [3.05, 3.63) is 98.3 Å². The molecular weight excluding hydrogens is 416 g/mol. The van der Waals surface area contributed by atoms with Crippen molar-refractivity contribution in [3.63, 3.8) is 0 Å². The van der Waals surface area contributed by atoms with Crippen molar-refractivity contribution in [2.45, 2.75) is 19.6 Å². The molecular formula is C23H18N2O5S. The Morgan fingerprint density at radius 3 is 2.42 bits per heavy atom. The first-order valence-corrected chi connectivity index (χ1v) is 10.5. The average Bonchev–Trinajstić information content (AvgIpc) is 3.35. The number of non-ortho nitro benzene ring substituents is 1. The number of carbonyl (C=O) groups excluding carboxylic acids is 2. The molecule has 2 heterocycles. The molecule has 2 aromatic carbocycles. The van der Waals surface area contributed by atoms with Crippen LogP contribution in [0.15, 0.2) is 70.2 Å². The quantitative estimate of drug-likeness (QED) is 0.307. The largest absolute Gasteiger partial charge is 0.468 e. The Kier molecular flexibility index (Phi) is 5.48. The summed E-state index contributed by atoms with van der Waals surface area (Å²) in [7, 11) is 0. The van der Waals surface area contributed by atoms with Gasteiger partial charge in [0.05, 0.1) is 33.1 Å². The zero-order chi connectivity index (χ0) is 22.1. The second kappa shape index (κ2) is 8.23. The van der Waals surface area contributed by atoms with Crippen LogP contribution in [-0.2, 0) is 15.3 Å². The lowest BCUT2D eigenvalue weighted by Crippen LogP contribution is -2.32. The van der Waals surface area contributed by atoms with Crippen LogP contribution in [0.5, 0.6) is 0 Å². The molecule has 0 fully saturated rings. The molecule has 31 heavy (non-hydrogen) atoms. The van der Waals surface area contributed by atoms with E-state index in [1.54, 1.807) is 24.5 Å². The van der Waals surface area contributed by atoms with Crippen molar-refractivity contribution < 1.29 is 18.9 Å². The number of carbonyl (C=O) groups is 2. The van der Waals surface area contributed by atoms with E-state index in [0.717, 1.165) is 11.1 Å². The fourth-order valence-corrected chi connectivity index (χ4v) is 4.38. The van der Waals surface area contributed by atoms with Gasteiger partial charge in [-0.1, -0.05) is 12.1 Å². The predicted molar refractivity (Wildman–Crippen MR) is 118 cm³/mol. The average molecular weight is 434 g/mol. The number of nitro groups is 1. The summed E-state index contributed by atoms with van der Waals surface area (Å²) < 4.78 is 5.36. The van der Waals surface area contributed by atoms with Crippen LogP contribution in [0.25, 0.3) is 5.57 Å². The van der Waals surface area contributed by atoms with Crippen LogP contribution in [0.3, 0.4) is 0 Å². The molecule has 0 saturated carbocycles. The summed E-state index contributed by atoms with van der Waals surface area (Å²) in [6.45, 7) is 3.74. The Balaban J connectivity index is 1.78. The van der Waals surface area contributed by atoms with Gasteiger partial charge in [0.15, 0.2) is 0 Å². The normalized spacial score (nSPS) is 13.9. The topological polar surface area (TPSA) is 93.7 Å². The Labute approximate surface area is 182 Å². The summed E-state index contributed by atoms with van der Waals surface area (Å²) in [5, 5.41) is 11.0. The van der Waals surface area contributed by atoms with Crippen LogP contribution >= 0.6 is 11.8 Å². The summed E-state index contributed by atoms with van der Waals surface area (Å²) in [5.74, 6) is 0.183. The third-order valence-corrected chi connectivity index (χ3v) is 6.05. The molecule has 0 N–H and O–H groups in total. The number of nitro benzene ring substituents is 1. The van der Waals surface area contributed by atoms with E-state index in [1.807, 2.05) is 26.0 Å². The van der Waals surface area contributed by atoms with Gasteiger partial charge in [0.2, 0.25) is 0 Å². The minimum atomic E-state index is -0.505. The molecule has 1 aliphatic rings. The summed E-state index contributed by atoms with van der Waals surface area (Å²) in [6.07, 6.45) is 1.55. The minimum Gasteiger partial charge on any atom is -0.468 e. The lowest BCUT2D eigenvalue weighted by atomic mass is 10.1. The van der Waals surface area contributed by atoms with Crippen LogP contribution in [0, 0.1) is 24.0 Å². The Morgan fingerprint density at radius 1 is 1.03 bits per heavy atom. The molecule has 1 aromatic heterocycles. The van der Waals surface area contributed by atoms with E-state index >= 15 is 0 Å². The van der Waals surface area contributed by atoms with Gasteiger partial charge in [-0.2, -0.15) is 0 Å². The maximum Gasteiger partial charge on any atom is 0.272 e. The van der Waals surface area contributed by atoms with Crippen LogP contribution in [0.1, 0.15) is 22.5 Å². The molecule has 0 radical (unpaired) electrons. The monoisotopic (exact) mass is 434 g/mol. The van der Waals surface area contributed by atoms with Crippen LogP contribution in [0.4, 0.5) is 11.4 Å². The standard InChI is InChI=1S/C23H18N2O5S/c1-14-5-6-15(2)19(12-14)24-22(26)20(16-7-9-17(10-8-16)25(28)29)21(23(24)27)31-13-18-4-3-11-30-18/h3-12H,13H2,1-2H3. The van der Waals surface area contributed by atoms with Gasteiger partial charge in [0.25, 0.3) is 17.5 Å². The van der Waals surface area contributed by atoms with Crippen LogP contribution in [-0.4, -0.2) is 16.7 Å². The minimum absolute atomic E-state index is 0.0858. The van der Waals surface area contributed by atoms with Crippen molar-refractivity contribution >= 4 is 40.5 Å². The van der Waals surface area contributed by atoms with E-state index in [1.165, 1.54) is 40.9 Å². The highest BCUT2D eigenvalue weighted by Gasteiger charge is 2.41. The molecule has 2 amide bonds. The summed E-state index contributed by atoms with van der Waals surface area (Å²) in [6, 6.07) is 14.8. The second-order valence-electron chi connectivity index (χ2n) is 7.11. The van der Waals surface area contributed by atoms with Gasteiger partial charge >= 0.3 is 0 Å². The number of furan rings is 1. The molecule has 0 bridgehead atoms. The molecule has 7 nitrogen and oxygen atoms in total. The third-order valence-electron chi connectivity index (χ3n) is 4.95. The van der Waals surface area contributed by atoms with E-state index in [9.17, 15) is 19.7 Å². The Hall–Kier alpha value is -3.65. The first kappa shape index (κ1) is 20.6. The zero-order valence-corrected chi connectivity index (χ0v) is 17.6. The fraction of sp³-hybridized carbons (Fsp3) is 0.130. The summed E-state index contributed by atoms with van der Waals surface area (Å²) >= 11 is 1.22. The van der Waals surface area contributed by atoms with Crippen molar-refractivity contribution in [2.24, 2.45) is 0 Å². The number of nitrogens with zero attached hydrogens (tertiary/aromatic N) is 2. The number of imide groups is 1. The zero-order valence-electron chi connectivity index (χ0n) is 16.8. The molecule has 4 rings (SSSR count). The summed E-state index contributed by atoms with van der Waals surface area (Å²) in [5.41, 5.74) is 2.86. The van der Waals surface area contributed by atoms with Crippen molar-refractivity contribution in [3.8, 4) is 0 Å². The Bertz CT molecular complexity index is 1210. The van der Waals surface area contributed by atoms with Crippen LogP contribution in [0.2, 0.25) is 0 Å². The molecule has 0 aliphatic carbocycles. The van der Waals surface area contributed by atoms with Gasteiger partial charge in [-0.3, -0.25) is 19.7 Å². The van der Waals surface area contributed by atoms with Crippen molar-refractivity contribution in [1.82, 2.24) is 0 Å². The number of thioether (sulfide) groups is 1. The van der Waals surface area contributed by atoms with Gasteiger partial charge < -0.3 is 4.42 Å². The molecule has 8 heteroatoms. The molecule has 0 unspecified atom stereocenters. The van der Waals surface area contributed by atoms with E-state index in [4.69, 9.17) is 4.42 Å². The molecule has 0 saturated heterocycles. The van der Waals surface area contributed by atoms with Crippen molar-refractivity contribution in [2.75, 3.05) is 4.90 Å². The van der Waals surface area contributed by atoms with E-state index in [0.29, 0.717) is 22.8 Å². The molecule has 156 valence electrons. The van der Waals surface area contributed by atoms with Crippen LogP contribution < -0.4 is 4.90 Å². The molecule has 0 atom stereocenters. The molecule has 3 aromatic rings. The smallest absolute Gasteiger partial charge is 0.272 e. The van der Waals surface area contributed by atoms with Gasteiger partial charge in [0, 0.05) is 12.1 Å². The number of rotatable bonds is 6. The van der Waals surface area contributed by atoms with E-state index in [2.05, 4.69) is 0 Å². The number of amides is 2. The lowest BCUT2D eigenvalue weighted by Gasteiger charge is -2.18. The van der Waals surface area contributed by atoms with E-state index in [-0.39, 0.29) is 16.2 Å². The van der Waals surface area contributed by atoms with E-state index < -0.39 is 16.7 Å². The lowest BCUT2D eigenvalue weighted by molar-refractivity contribution is -0.384. The summed E-state index contributed by atoms with van der Waals surface area (Å²) in [4.78, 5) is 38.8. The Morgan fingerprint density at radius 2 is 1.77 bits per heavy atom. The highest BCUT2D eigenvalue weighted by Crippen LogP contribution is 2.40. The maximum absolute atomic E-state index is 13.4. The highest BCUT2D eigenvalue weighted by atomic mass is 32.2. The van der Waals surface area contributed by atoms with Gasteiger partial charge in [0.1, 0.15) is 5.76 Å². The van der Waals surface area contributed by atoms with Gasteiger partial charge in [-0.25, -0.2) is 4.90 Å². The highest BCUT2D eigenvalue weighted by molar-refractivity contribution is 8.03. The van der Waals surface area contributed by atoms with Gasteiger partial charge in [-0.15, -0.1) is 11.8 Å². The molecule has 1 aliphatic heterocycles. The first-order chi connectivity index (χ1) is 14.9. The number of anilines is 1. The van der Waals surface area contributed by atoms with Gasteiger partial charge in [-0.05, 0) is 60.9 Å². The second-order valence-corrected chi connectivity index (χ2v) is 8.10. The fourth-order valence-electron chi connectivity index (χ4n) is 3.37. The first-order valence-electron chi connectivity index (χ1n) is 9.47. The number of benzene rings is 2.